The fourth-order valence-corrected chi connectivity index (χ4v) is 2.60. The summed E-state index contributed by atoms with van der Waals surface area (Å²) in [5.74, 6) is -0.137. The van der Waals surface area contributed by atoms with Crippen molar-refractivity contribution in [2.24, 2.45) is 0 Å². The maximum absolute atomic E-state index is 13.6. The van der Waals surface area contributed by atoms with Crippen molar-refractivity contribution in [1.29, 1.82) is 0 Å². The predicted octanol–water partition coefficient (Wildman–Crippen LogP) is 4.55. The van der Waals surface area contributed by atoms with E-state index in [-0.39, 0.29) is 5.82 Å². The van der Waals surface area contributed by atoms with Gasteiger partial charge in [0, 0.05) is 11.7 Å². The monoisotopic (exact) mass is 255 g/mol. The highest BCUT2D eigenvalue weighted by Crippen LogP contribution is 2.30. The Morgan fingerprint density at radius 2 is 1.84 bits per heavy atom. The summed E-state index contributed by atoms with van der Waals surface area (Å²) in [6, 6.07) is 12.3. The summed E-state index contributed by atoms with van der Waals surface area (Å²) in [5, 5.41) is 3.48. The summed E-state index contributed by atoms with van der Waals surface area (Å²) in [7, 11) is 0. The Balaban J connectivity index is 2.00. The Hall–Kier alpha value is -1.83. The van der Waals surface area contributed by atoms with Crippen molar-refractivity contribution < 1.29 is 4.39 Å². The molecule has 3 rings (SSSR count). The van der Waals surface area contributed by atoms with E-state index in [1.165, 1.54) is 11.3 Å². The van der Waals surface area contributed by atoms with E-state index in [4.69, 9.17) is 0 Å². The lowest BCUT2D eigenvalue weighted by atomic mass is 9.94. The molecule has 0 bridgehead atoms. The molecule has 1 atom stereocenters. The van der Waals surface area contributed by atoms with Gasteiger partial charge < -0.3 is 5.32 Å². The minimum atomic E-state index is -0.137. The first kappa shape index (κ1) is 12.2. The van der Waals surface area contributed by atoms with Crippen molar-refractivity contribution in [3.8, 4) is 11.1 Å². The topological polar surface area (TPSA) is 12.0 Å². The molecule has 0 amide bonds. The number of aryl methyl sites for hydroxylation is 2. The summed E-state index contributed by atoms with van der Waals surface area (Å²) in [6.07, 6.45) is 2.24. The maximum atomic E-state index is 13.6. The second kappa shape index (κ2) is 4.69. The third-order valence-electron chi connectivity index (χ3n) is 3.86. The van der Waals surface area contributed by atoms with E-state index in [1.54, 1.807) is 13.0 Å². The van der Waals surface area contributed by atoms with Crippen LogP contribution in [0.5, 0.6) is 0 Å². The van der Waals surface area contributed by atoms with Gasteiger partial charge >= 0.3 is 0 Å². The maximum Gasteiger partial charge on any atom is 0.126 e. The quantitative estimate of drug-likeness (QED) is 0.788. The highest BCUT2D eigenvalue weighted by molar-refractivity contribution is 5.69. The predicted molar refractivity (Wildman–Crippen MR) is 78.0 cm³/mol. The number of nitrogens with one attached hydrogen (secondary N) is 1. The minimum Gasteiger partial charge on any atom is -0.382 e. The number of hydrogen-bond acceptors (Lipinski definition) is 1. The van der Waals surface area contributed by atoms with Gasteiger partial charge in [-0.1, -0.05) is 18.2 Å². The van der Waals surface area contributed by atoms with E-state index < -0.39 is 0 Å². The molecule has 19 heavy (non-hydrogen) atoms. The summed E-state index contributed by atoms with van der Waals surface area (Å²) in [6.45, 7) is 3.99. The van der Waals surface area contributed by atoms with Crippen LogP contribution in [0.15, 0.2) is 36.4 Å². The molecule has 0 radical (unpaired) electrons. The van der Waals surface area contributed by atoms with Crippen molar-refractivity contribution >= 4 is 5.69 Å². The van der Waals surface area contributed by atoms with Gasteiger partial charge in [-0.3, -0.25) is 0 Å². The third kappa shape index (κ3) is 2.35. The first-order valence-corrected chi connectivity index (χ1v) is 6.79. The van der Waals surface area contributed by atoms with Gasteiger partial charge in [-0.05, 0) is 67.1 Å². The number of benzene rings is 2. The largest absolute Gasteiger partial charge is 0.382 e. The molecule has 2 aromatic rings. The Morgan fingerprint density at radius 1 is 1.11 bits per heavy atom. The highest BCUT2D eigenvalue weighted by atomic mass is 19.1. The number of halogens is 1. The first-order chi connectivity index (χ1) is 9.13. The number of rotatable bonds is 1. The molecule has 0 saturated carbocycles. The Labute approximate surface area is 113 Å². The van der Waals surface area contributed by atoms with E-state index in [0.29, 0.717) is 11.6 Å². The lowest BCUT2D eigenvalue weighted by Gasteiger charge is -2.24. The molecule has 98 valence electrons. The summed E-state index contributed by atoms with van der Waals surface area (Å²) in [5.41, 5.74) is 5.28. The molecule has 0 aliphatic carbocycles. The number of anilines is 1. The second-order valence-corrected chi connectivity index (χ2v) is 5.42. The fraction of sp³-hybridized carbons (Fsp3) is 0.294. The number of hydrogen-bond donors (Lipinski definition) is 1. The molecule has 1 nitrogen and oxygen atoms in total. The normalized spacial score (nSPS) is 17.7. The smallest absolute Gasteiger partial charge is 0.126 e. The summed E-state index contributed by atoms with van der Waals surface area (Å²) < 4.78 is 13.6. The van der Waals surface area contributed by atoms with Crippen LogP contribution in [0.25, 0.3) is 11.1 Å². The fourth-order valence-electron chi connectivity index (χ4n) is 2.60. The van der Waals surface area contributed by atoms with Crippen LogP contribution < -0.4 is 5.32 Å². The molecule has 0 saturated heterocycles. The molecule has 1 heterocycles. The van der Waals surface area contributed by atoms with Crippen molar-refractivity contribution in [3.05, 3.63) is 53.3 Å². The van der Waals surface area contributed by atoms with E-state index >= 15 is 0 Å². The van der Waals surface area contributed by atoms with Crippen LogP contribution >= 0.6 is 0 Å². The second-order valence-electron chi connectivity index (χ2n) is 5.42. The van der Waals surface area contributed by atoms with Crippen LogP contribution in [-0.4, -0.2) is 6.04 Å². The van der Waals surface area contributed by atoms with Crippen LogP contribution in [0.4, 0.5) is 10.1 Å². The molecular weight excluding hydrogens is 237 g/mol. The van der Waals surface area contributed by atoms with Crippen LogP contribution in [0, 0.1) is 12.7 Å². The SMILES string of the molecule is Cc1ccc(-c2ccc3c(c2)CCC(C)N3)cc1F. The van der Waals surface area contributed by atoms with Gasteiger partial charge in [0.05, 0.1) is 0 Å². The van der Waals surface area contributed by atoms with E-state index in [0.717, 1.165) is 24.0 Å². The zero-order chi connectivity index (χ0) is 13.4. The van der Waals surface area contributed by atoms with Gasteiger partial charge in [-0.25, -0.2) is 4.39 Å². The van der Waals surface area contributed by atoms with Gasteiger partial charge in [-0.2, -0.15) is 0 Å². The van der Waals surface area contributed by atoms with Gasteiger partial charge in [0.1, 0.15) is 5.82 Å². The molecule has 1 unspecified atom stereocenters. The molecule has 0 spiro atoms. The minimum absolute atomic E-state index is 0.137. The van der Waals surface area contributed by atoms with Crippen molar-refractivity contribution in [1.82, 2.24) is 0 Å². The Morgan fingerprint density at radius 3 is 2.63 bits per heavy atom. The van der Waals surface area contributed by atoms with E-state index in [9.17, 15) is 4.39 Å². The molecule has 1 aliphatic heterocycles. The van der Waals surface area contributed by atoms with Crippen molar-refractivity contribution in [2.75, 3.05) is 5.32 Å². The van der Waals surface area contributed by atoms with E-state index in [2.05, 4.69) is 30.4 Å². The van der Waals surface area contributed by atoms with Gasteiger partial charge in [-0.15, -0.1) is 0 Å². The molecule has 2 aromatic carbocycles. The summed E-state index contributed by atoms with van der Waals surface area (Å²) >= 11 is 0. The zero-order valence-electron chi connectivity index (χ0n) is 11.3. The third-order valence-corrected chi connectivity index (χ3v) is 3.86. The average molecular weight is 255 g/mol. The Kier molecular flexibility index (Phi) is 3.02. The molecular formula is C17H18FN. The van der Waals surface area contributed by atoms with E-state index in [1.807, 2.05) is 12.1 Å². The lowest BCUT2D eigenvalue weighted by molar-refractivity contribution is 0.619. The van der Waals surface area contributed by atoms with Crippen LogP contribution in [0.3, 0.4) is 0 Å². The molecule has 0 fully saturated rings. The highest BCUT2D eigenvalue weighted by Gasteiger charge is 2.14. The number of fused-ring (bicyclic) bond motifs is 1. The molecule has 1 N–H and O–H groups in total. The lowest BCUT2D eigenvalue weighted by Crippen LogP contribution is -2.21. The standard InChI is InChI=1S/C17H18FN/c1-11-3-5-14(10-16(11)18)13-7-8-17-15(9-13)6-4-12(2)19-17/h3,5,7-10,12,19H,4,6H2,1-2H3. The van der Waals surface area contributed by atoms with Crippen molar-refractivity contribution in [2.45, 2.75) is 32.7 Å². The average Bonchev–Trinajstić information content (AvgIpc) is 2.41. The van der Waals surface area contributed by atoms with Gasteiger partial charge in [0.2, 0.25) is 0 Å². The molecule has 1 aliphatic rings. The van der Waals surface area contributed by atoms with Crippen molar-refractivity contribution in [3.63, 3.8) is 0 Å². The van der Waals surface area contributed by atoms with Crippen LogP contribution in [0.1, 0.15) is 24.5 Å². The first-order valence-electron chi connectivity index (χ1n) is 6.79. The van der Waals surface area contributed by atoms with Gasteiger partial charge in [0.15, 0.2) is 0 Å². The van der Waals surface area contributed by atoms with Crippen LogP contribution in [-0.2, 0) is 6.42 Å². The van der Waals surface area contributed by atoms with Crippen LogP contribution in [0.2, 0.25) is 0 Å². The Bertz CT molecular complexity index is 619. The van der Waals surface area contributed by atoms with Gasteiger partial charge in [0.25, 0.3) is 0 Å². The zero-order valence-corrected chi connectivity index (χ0v) is 11.3. The molecule has 0 aromatic heterocycles. The summed E-state index contributed by atoms with van der Waals surface area (Å²) in [4.78, 5) is 0. The molecule has 2 heteroatoms.